The molecule has 0 unspecified atom stereocenters. The van der Waals surface area contributed by atoms with E-state index in [-0.39, 0.29) is 11.3 Å². The average molecular weight is 296 g/mol. The van der Waals surface area contributed by atoms with Crippen LogP contribution in [0.2, 0.25) is 0 Å². The van der Waals surface area contributed by atoms with E-state index in [1.54, 1.807) is 24.3 Å². The second-order valence-electron chi connectivity index (χ2n) is 4.51. The molecule has 0 atom stereocenters. The van der Waals surface area contributed by atoms with E-state index in [1.165, 1.54) is 0 Å². The summed E-state index contributed by atoms with van der Waals surface area (Å²) >= 11 is 0. The van der Waals surface area contributed by atoms with Gasteiger partial charge in [-0.3, -0.25) is 10.2 Å². The van der Waals surface area contributed by atoms with Crippen LogP contribution in [0.4, 0.5) is 0 Å². The predicted molar refractivity (Wildman–Crippen MR) is 85.2 cm³/mol. The largest absolute Gasteiger partial charge is 0.457 e. The van der Waals surface area contributed by atoms with Gasteiger partial charge in [0.25, 0.3) is 5.91 Å². The van der Waals surface area contributed by atoms with E-state index in [4.69, 9.17) is 27.3 Å². The van der Waals surface area contributed by atoms with Crippen molar-refractivity contribution in [2.24, 2.45) is 17.2 Å². The van der Waals surface area contributed by atoms with Crippen molar-refractivity contribution in [1.82, 2.24) is 0 Å². The Morgan fingerprint density at radius 2 is 1.41 bits per heavy atom. The maximum atomic E-state index is 11.3. The van der Waals surface area contributed by atoms with Crippen molar-refractivity contribution in [3.63, 3.8) is 0 Å². The van der Waals surface area contributed by atoms with Crippen LogP contribution in [0.5, 0.6) is 11.5 Å². The molecule has 0 spiro atoms. The molecule has 22 heavy (non-hydrogen) atoms. The number of nitrogens with one attached hydrogen (secondary N) is 1. The first-order chi connectivity index (χ1) is 10.5. The molecule has 6 nitrogen and oxygen atoms in total. The lowest BCUT2D eigenvalue weighted by Gasteiger charge is -2.09. The maximum Gasteiger partial charge on any atom is 0.254 e. The molecule has 0 bridgehead atoms. The number of benzene rings is 2. The zero-order valence-corrected chi connectivity index (χ0v) is 11.7. The van der Waals surface area contributed by atoms with Crippen molar-refractivity contribution in [1.29, 1.82) is 5.41 Å². The van der Waals surface area contributed by atoms with Crippen LogP contribution in [0.1, 0.15) is 5.56 Å². The van der Waals surface area contributed by atoms with Gasteiger partial charge in [-0.1, -0.05) is 18.2 Å². The Balaban J connectivity index is 2.27. The molecule has 2 aromatic carbocycles. The number of rotatable bonds is 5. The second-order valence-corrected chi connectivity index (χ2v) is 4.51. The first-order valence-corrected chi connectivity index (χ1v) is 6.46. The van der Waals surface area contributed by atoms with Crippen molar-refractivity contribution in [3.05, 3.63) is 65.7 Å². The Bertz CT molecular complexity index is 706. The zero-order chi connectivity index (χ0) is 16.1. The summed E-state index contributed by atoms with van der Waals surface area (Å²) in [5.74, 6) is 0.0238. The van der Waals surface area contributed by atoms with Crippen LogP contribution in [-0.4, -0.2) is 11.7 Å². The SMILES string of the molecule is N=C(N)/C(C(N)=O)=C(\N)c1ccc(Oc2ccccc2)cc1. The average Bonchev–Trinajstić information content (AvgIpc) is 2.48. The Hall–Kier alpha value is -3.28. The molecule has 0 radical (unpaired) electrons. The first-order valence-electron chi connectivity index (χ1n) is 6.46. The second kappa shape index (κ2) is 6.45. The molecule has 0 heterocycles. The van der Waals surface area contributed by atoms with Crippen molar-refractivity contribution < 1.29 is 9.53 Å². The van der Waals surface area contributed by atoms with Crippen molar-refractivity contribution in [2.75, 3.05) is 0 Å². The van der Waals surface area contributed by atoms with E-state index >= 15 is 0 Å². The Morgan fingerprint density at radius 1 is 0.864 bits per heavy atom. The van der Waals surface area contributed by atoms with Gasteiger partial charge >= 0.3 is 0 Å². The highest BCUT2D eigenvalue weighted by molar-refractivity contribution is 6.23. The van der Waals surface area contributed by atoms with Gasteiger partial charge in [-0.05, 0) is 42.0 Å². The number of nitrogens with two attached hydrogens (primary N) is 3. The third-order valence-corrected chi connectivity index (χ3v) is 2.93. The molecular formula is C16H16N4O2. The number of carbonyl (C=O) groups is 1. The molecule has 2 aromatic rings. The van der Waals surface area contributed by atoms with E-state index in [9.17, 15) is 4.79 Å². The maximum absolute atomic E-state index is 11.3. The first kappa shape index (κ1) is 15.1. The van der Waals surface area contributed by atoms with E-state index < -0.39 is 11.7 Å². The van der Waals surface area contributed by atoms with Crippen LogP contribution in [0.15, 0.2) is 60.2 Å². The van der Waals surface area contributed by atoms with E-state index in [0.717, 1.165) is 0 Å². The summed E-state index contributed by atoms with van der Waals surface area (Å²) < 4.78 is 5.65. The molecule has 7 N–H and O–H groups in total. The summed E-state index contributed by atoms with van der Waals surface area (Å²) in [5, 5.41) is 7.37. The van der Waals surface area contributed by atoms with Crippen LogP contribution >= 0.6 is 0 Å². The number of carbonyl (C=O) groups excluding carboxylic acids is 1. The molecule has 112 valence electrons. The Labute approximate surface area is 127 Å². The minimum Gasteiger partial charge on any atom is -0.457 e. The highest BCUT2D eigenvalue weighted by atomic mass is 16.5. The Kier molecular flexibility index (Phi) is 4.43. The molecule has 6 heteroatoms. The lowest BCUT2D eigenvalue weighted by Crippen LogP contribution is -2.28. The molecule has 0 fully saturated rings. The lowest BCUT2D eigenvalue weighted by molar-refractivity contribution is -0.114. The number of primary amides is 1. The molecule has 0 saturated heterocycles. The molecule has 1 amide bonds. The third kappa shape index (κ3) is 3.43. The summed E-state index contributed by atoms with van der Waals surface area (Å²) in [7, 11) is 0. The zero-order valence-electron chi connectivity index (χ0n) is 11.7. The molecule has 0 aliphatic carbocycles. The quantitative estimate of drug-likeness (QED) is 0.379. The standard InChI is InChI=1S/C16H16N4O2/c17-14(13(15(18)19)16(20)21)10-6-8-12(9-7-10)22-11-4-2-1-3-5-11/h1-9H,17H2,(H3,18,19)(H2,20,21)/b14-13+. The summed E-state index contributed by atoms with van der Waals surface area (Å²) in [4.78, 5) is 11.3. The molecule has 0 aliphatic heterocycles. The molecule has 0 aromatic heterocycles. The Morgan fingerprint density at radius 3 is 1.91 bits per heavy atom. The molecule has 2 rings (SSSR count). The monoisotopic (exact) mass is 296 g/mol. The summed E-state index contributed by atoms with van der Waals surface area (Å²) in [6.45, 7) is 0. The topological polar surface area (TPSA) is 128 Å². The van der Waals surface area contributed by atoms with Gasteiger partial charge in [-0.2, -0.15) is 0 Å². The number of amidine groups is 1. The molecular weight excluding hydrogens is 280 g/mol. The van der Waals surface area contributed by atoms with Crippen LogP contribution in [0, 0.1) is 5.41 Å². The summed E-state index contributed by atoms with van der Waals surface area (Å²) in [5.41, 5.74) is 16.8. The number of hydrogen-bond acceptors (Lipinski definition) is 4. The highest BCUT2D eigenvalue weighted by Crippen LogP contribution is 2.23. The highest BCUT2D eigenvalue weighted by Gasteiger charge is 2.15. The lowest BCUT2D eigenvalue weighted by atomic mass is 10.1. The van der Waals surface area contributed by atoms with Crippen molar-refractivity contribution >= 4 is 17.4 Å². The number of amides is 1. The van der Waals surface area contributed by atoms with Crippen LogP contribution < -0.4 is 21.9 Å². The predicted octanol–water partition coefficient (Wildman–Crippen LogP) is 1.57. The third-order valence-electron chi connectivity index (χ3n) is 2.93. The van der Waals surface area contributed by atoms with Gasteiger partial charge < -0.3 is 21.9 Å². The number of ether oxygens (including phenoxy) is 1. The molecule has 0 saturated carbocycles. The van der Waals surface area contributed by atoms with Crippen LogP contribution in [0.25, 0.3) is 5.70 Å². The van der Waals surface area contributed by atoms with E-state index in [0.29, 0.717) is 17.1 Å². The van der Waals surface area contributed by atoms with E-state index in [1.807, 2.05) is 30.3 Å². The van der Waals surface area contributed by atoms with Gasteiger partial charge in [-0.15, -0.1) is 0 Å². The van der Waals surface area contributed by atoms with Gasteiger partial charge in [0.15, 0.2) is 0 Å². The fourth-order valence-electron chi connectivity index (χ4n) is 1.88. The van der Waals surface area contributed by atoms with Gasteiger partial charge in [0.1, 0.15) is 22.9 Å². The molecule has 0 aliphatic rings. The van der Waals surface area contributed by atoms with Crippen molar-refractivity contribution in [2.45, 2.75) is 0 Å². The van der Waals surface area contributed by atoms with Crippen molar-refractivity contribution in [3.8, 4) is 11.5 Å². The van der Waals surface area contributed by atoms with Crippen LogP contribution in [-0.2, 0) is 4.79 Å². The summed E-state index contributed by atoms with van der Waals surface area (Å²) in [6, 6.07) is 16.1. The fourth-order valence-corrected chi connectivity index (χ4v) is 1.88. The number of hydrogen-bond donors (Lipinski definition) is 4. The smallest absolute Gasteiger partial charge is 0.254 e. The van der Waals surface area contributed by atoms with Gasteiger partial charge in [0.05, 0.1) is 5.70 Å². The fraction of sp³-hybridized carbons (Fsp3) is 0. The number of para-hydroxylation sites is 1. The minimum absolute atomic E-state index is 0.0614. The van der Waals surface area contributed by atoms with E-state index in [2.05, 4.69) is 0 Å². The van der Waals surface area contributed by atoms with Gasteiger partial charge in [-0.25, -0.2) is 0 Å². The van der Waals surface area contributed by atoms with Crippen LogP contribution in [0.3, 0.4) is 0 Å². The van der Waals surface area contributed by atoms with Gasteiger partial charge in [0.2, 0.25) is 0 Å². The summed E-state index contributed by atoms with van der Waals surface area (Å²) in [6.07, 6.45) is 0. The normalized spacial score (nSPS) is 11.5. The minimum atomic E-state index is -0.838. The van der Waals surface area contributed by atoms with Gasteiger partial charge in [0, 0.05) is 0 Å².